The van der Waals surface area contributed by atoms with Gasteiger partial charge in [0.1, 0.15) is 17.4 Å². The van der Waals surface area contributed by atoms with Gasteiger partial charge in [0.05, 0.1) is 0 Å². The Labute approximate surface area is 178 Å². The number of hydrogen-bond donors (Lipinski definition) is 1. The van der Waals surface area contributed by atoms with Crippen molar-refractivity contribution in [3.05, 3.63) is 75.6 Å². The number of carboxylic acids is 1. The van der Waals surface area contributed by atoms with E-state index in [0.717, 1.165) is 16.5 Å². The Kier molecular flexibility index (Phi) is 5.75. The first-order valence-electron chi connectivity index (χ1n) is 10.2. The van der Waals surface area contributed by atoms with Gasteiger partial charge >= 0.3 is 11.6 Å². The number of rotatable bonds is 6. The monoisotopic (exact) mass is 421 g/mol. The van der Waals surface area contributed by atoms with Crippen LogP contribution in [0.4, 0.5) is 0 Å². The Morgan fingerprint density at radius 1 is 1.19 bits per heavy atom. The first-order valence-corrected chi connectivity index (χ1v) is 10.2. The zero-order valence-electron chi connectivity index (χ0n) is 17.2. The van der Waals surface area contributed by atoms with Crippen molar-refractivity contribution in [1.29, 1.82) is 0 Å². The summed E-state index contributed by atoms with van der Waals surface area (Å²) in [5.74, 6) is -0.994. The van der Waals surface area contributed by atoms with Crippen molar-refractivity contribution in [1.82, 2.24) is 4.90 Å². The summed E-state index contributed by atoms with van der Waals surface area (Å²) < 4.78 is 11.1. The van der Waals surface area contributed by atoms with Gasteiger partial charge in [0.15, 0.2) is 6.61 Å². The maximum absolute atomic E-state index is 12.6. The van der Waals surface area contributed by atoms with E-state index in [1.54, 1.807) is 18.2 Å². The van der Waals surface area contributed by atoms with Crippen LogP contribution in [0.1, 0.15) is 29.5 Å². The molecule has 0 spiro atoms. The smallest absolute Gasteiger partial charge is 0.340 e. The molecule has 1 amide bonds. The fourth-order valence-electron chi connectivity index (χ4n) is 4.02. The molecule has 0 bridgehead atoms. The molecule has 31 heavy (non-hydrogen) atoms. The normalized spacial score (nSPS) is 15.9. The molecule has 4 rings (SSSR count). The lowest BCUT2D eigenvalue weighted by atomic mass is 10.00. The van der Waals surface area contributed by atoms with Crippen LogP contribution in [0.2, 0.25) is 0 Å². The Balaban J connectivity index is 1.52. The molecular formula is C24H23NO6. The highest BCUT2D eigenvalue weighted by molar-refractivity contribution is 5.85. The van der Waals surface area contributed by atoms with Crippen molar-refractivity contribution in [2.24, 2.45) is 0 Å². The van der Waals surface area contributed by atoms with Gasteiger partial charge in [-0.1, -0.05) is 30.3 Å². The maximum atomic E-state index is 12.6. The van der Waals surface area contributed by atoms with E-state index >= 15 is 0 Å². The predicted octanol–water partition coefficient (Wildman–Crippen LogP) is 3.15. The number of likely N-dealkylation sites (tertiary alicyclic amines) is 1. The quantitative estimate of drug-likeness (QED) is 0.614. The second-order valence-electron chi connectivity index (χ2n) is 7.69. The second-order valence-corrected chi connectivity index (χ2v) is 7.69. The minimum Gasteiger partial charge on any atom is -0.484 e. The molecule has 0 unspecified atom stereocenters. The lowest BCUT2D eigenvalue weighted by Crippen LogP contribution is -2.42. The highest BCUT2D eigenvalue weighted by Crippen LogP contribution is 2.25. The number of aliphatic carboxylic acids is 1. The number of ether oxygens (including phenoxy) is 1. The van der Waals surface area contributed by atoms with E-state index < -0.39 is 17.6 Å². The highest BCUT2D eigenvalue weighted by Gasteiger charge is 2.33. The number of nitrogens with zero attached hydrogens (tertiary/aromatic N) is 1. The van der Waals surface area contributed by atoms with E-state index in [1.165, 1.54) is 4.90 Å². The standard InChI is InChI=1S/C24H23NO6/c1-15-18-10-9-17(30-14-22(26)25-11-5-8-20(25)23(27)28)13-21(18)31-24(29)19(15)12-16-6-3-2-4-7-16/h2-4,6-7,9-10,13,20H,5,8,11-12,14H2,1H3,(H,27,28)/t20-/m0/s1. The summed E-state index contributed by atoms with van der Waals surface area (Å²) in [4.78, 5) is 37.6. The van der Waals surface area contributed by atoms with Crippen LogP contribution >= 0.6 is 0 Å². The molecule has 0 radical (unpaired) electrons. The summed E-state index contributed by atoms with van der Waals surface area (Å²) >= 11 is 0. The molecule has 3 aromatic rings. The lowest BCUT2D eigenvalue weighted by Gasteiger charge is -2.21. The summed E-state index contributed by atoms with van der Waals surface area (Å²) in [6, 6.07) is 14.0. The fourth-order valence-corrected chi connectivity index (χ4v) is 4.02. The van der Waals surface area contributed by atoms with Gasteiger partial charge in [-0.15, -0.1) is 0 Å². The molecule has 1 atom stereocenters. The topological polar surface area (TPSA) is 97.0 Å². The molecular weight excluding hydrogens is 398 g/mol. The Bertz CT molecular complexity index is 1180. The van der Waals surface area contributed by atoms with Crippen molar-refractivity contribution < 1.29 is 23.8 Å². The number of amides is 1. The molecule has 0 saturated carbocycles. The Morgan fingerprint density at radius 3 is 2.71 bits per heavy atom. The van der Waals surface area contributed by atoms with Gasteiger partial charge in [0.2, 0.25) is 0 Å². The molecule has 160 valence electrons. The van der Waals surface area contributed by atoms with E-state index in [0.29, 0.717) is 42.7 Å². The van der Waals surface area contributed by atoms with Gasteiger partial charge in [-0.3, -0.25) is 4.79 Å². The van der Waals surface area contributed by atoms with E-state index in [4.69, 9.17) is 9.15 Å². The fraction of sp³-hybridized carbons (Fsp3) is 0.292. The van der Waals surface area contributed by atoms with E-state index in [9.17, 15) is 19.5 Å². The number of fused-ring (bicyclic) bond motifs is 1. The van der Waals surface area contributed by atoms with Crippen molar-refractivity contribution in [3.8, 4) is 5.75 Å². The van der Waals surface area contributed by atoms with Crippen LogP contribution in [0.5, 0.6) is 5.75 Å². The first-order chi connectivity index (χ1) is 14.9. The van der Waals surface area contributed by atoms with Gasteiger partial charge in [0, 0.05) is 30.0 Å². The largest absolute Gasteiger partial charge is 0.484 e. The van der Waals surface area contributed by atoms with Crippen LogP contribution in [0.25, 0.3) is 11.0 Å². The van der Waals surface area contributed by atoms with Crippen LogP contribution in [0.3, 0.4) is 0 Å². The molecule has 1 aliphatic rings. The number of hydrogen-bond acceptors (Lipinski definition) is 5. The average Bonchev–Trinajstić information content (AvgIpc) is 3.26. The third-order valence-corrected chi connectivity index (χ3v) is 5.70. The molecule has 0 aliphatic carbocycles. The third-order valence-electron chi connectivity index (χ3n) is 5.70. The number of carbonyl (C=O) groups is 2. The number of aryl methyl sites for hydroxylation is 1. The molecule has 1 saturated heterocycles. The van der Waals surface area contributed by atoms with Crippen molar-refractivity contribution in [3.63, 3.8) is 0 Å². The van der Waals surface area contributed by atoms with Crippen molar-refractivity contribution in [2.75, 3.05) is 13.2 Å². The summed E-state index contributed by atoms with van der Waals surface area (Å²) in [6.45, 7) is 2.03. The van der Waals surface area contributed by atoms with E-state index in [1.807, 2.05) is 37.3 Å². The zero-order chi connectivity index (χ0) is 22.0. The molecule has 1 N–H and O–H groups in total. The number of benzene rings is 2. The first kappa shape index (κ1) is 20.7. The zero-order valence-corrected chi connectivity index (χ0v) is 17.2. The van der Waals surface area contributed by atoms with E-state index in [-0.39, 0.29) is 12.5 Å². The highest BCUT2D eigenvalue weighted by atomic mass is 16.5. The number of carboxylic acid groups (broad SMARTS) is 1. The SMILES string of the molecule is Cc1c(Cc2ccccc2)c(=O)oc2cc(OCC(=O)N3CCC[C@H]3C(=O)O)ccc12. The van der Waals surface area contributed by atoms with Gasteiger partial charge < -0.3 is 19.2 Å². The van der Waals surface area contributed by atoms with Crippen LogP contribution in [0, 0.1) is 6.92 Å². The molecule has 7 heteroatoms. The second kappa shape index (κ2) is 8.63. The summed E-state index contributed by atoms with van der Waals surface area (Å²) in [5.41, 5.74) is 2.46. The minimum absolute atomic E-state index is 0.273. The Morgan fingerprint density at radius 2 is 1.97 bits per heavy atom. The maximum Gasteiger partial charge on any atom is 0.340 e. The summed E-state index contributed by atoms with van der Waals surface area (Å²) in [7, 11) is 0. The molecule has 7 nitrogen and oxygen atoms in total. The van der Waals surface area contributed by atoms with Gasteiger partial charge in [-0.25, -0.2) is 9.59 Å². The van der Waals surface area contributed by atoms with Crippen LogP contribution in [0.15, 0.2) is 57.7 Å². The molecule has 2 aromatic carbocycles. The number of carbonyl (C=O) groups excluding carboxylic acids is 1. The van der Waals surface area contributed by atoms with E-state index in [2.05, 4.69) is 0 Å². The van der Waals surface area contributed by atoms with Crippen molar-refractivity contribution in [2.45, 2.75) is 32.2 Å². The minimum atomic E-state index is -1.000. The van der Waals surface area contributed by atoms with Crippen LogP contribution < -0.4 is 10.4 Å². The molecule has 1 aromatic heterocycles. The molecule has 1 aliphatic heterocycles. The van der Waals surface area contributed by atoms with Gasteiger partial charge in [-0.2, -0.15) is 0 Å². The van der Waals surface area contributed by atoms with Gasteiger partial charge in [-0.05, 0) is 43.0 Å². The summed E-state index contributed by atoms with van der Waals surface area (Å²) in [6.07, 6.45) is 1.60. The van der Waals surface area contributed by atoms with Crippen LogP contribution in [-0.2, 0) is 16.0 Å². The van der Waals surface area contributed by atoms with Crippen LogP contribution in [-0.4, -0.2) is 41.1 Å². The summed E-state index contributed by atoms with van der Waals surface area (Å²) in [5, 5.41) is 10.0. The third kappa shape index (κ3) is 4.30. The lowest BCUT2D eigenvalue weighted by molar-refractivity contribution is -0.148. The Hall–Kier alpha value is -3.61. The van der Waals surface area contributed by atoms with Gasteiger partial charge in [0.25, 0.3) is 5.91 Å². The molecule has 2 heterocycles. The average molecular weight is 421 g/mol. The van der Waals surface area contributed by atoms with Crippen molar-refractivity contribution >= 4 is 22.8 Å². The predicted molar refractivity (Wildman–Crippen MR) is 114 cm³/mol. The molecule has 1 fully saturated rings.